The third-order valence-corrected chi connectivity index (χ3v) is 7.91. The molecule has 0 saturated heterocycles. The van der Waals surface area contributed by atoms with Gasteiger partial charge in [0.25, 0.3) is 11.5 Å². The zero-order valence-electron chi connectivity index (χ0n) is 22.9. The Kier molecular flexibility index (Phi) is 7.03. The number of aromatic nitrogens is 4. The first-order chi connectivity index (χ1) is 19.5. The molecule has 2 aromatic carbocycles. The minimum atomic E-state index is -0.468. The number of aryl methyl sites for hydroxylation is 1. The molecule has 6 rings (SSSR count). The second kappa shape index (κ2) is 10.9. The summed E-state index contributed by atoms with van der Waals surface area (Å²) in [5.74, 6) is 0.280. The lowest BCUT2D eigenvalue weighted by Crippen LogP contribution is -2.32. The first kappa shape index (κ1) is 25.7. The van der Waals surface area contributed by atoms with Crippen molar-refractivity contribution in [1.29, 1.82) is 0 Å². The number of pyridine rings is 1. The smallest absolute Gasteiger partial charge is 0.263 e. The lowest BCUT2D eigenvalue weighted by atomic mass is 9.88. The van der Waals surface area contributed by atoms with Crippen molar-refractivity contribution < 1.29 is 4.79 Å². The molecule has 0 bridgehead atoms. The van der Waals surface area contributed by atoms with Crippen LogP contribution in [0.4, 0.5) is 0 Å². The quantitative estimate of drug-likeness (QED) is 0.274. The van der Waals surface area contributed by atoms with Gasteiger partial charge in [-0.2, -0.15) is 5.10 Å². The Bertz CT molecular complexity index is 1780. The Hall–Kier alpha value is -4.52. The van der Waals surface area contributed by atoms with E-state index in [1.165, 1.54) is 32.1 Å². The Labute approximate surface area is 233 Å². The number of hydrogen-bond acceptors (Lipinski definition) is 4. The van der Waals surface area contributed by atoms with Gasteiger partial charge in [0.1, 0.15) is 5.56 Å². The van der Waals surface area contributed by atoms with Crippen LogP contribution in [0.1, 0.15) is 72.4 Å². The van der Waals surface area contributed by atoms with E-state index in [-0.39, 0.29) is 11.5 Å². The Morgan fingerprint density at radius 1 is 1.05 bits per heavy atom. The number of nitrogens with zero attached hydrogens (tertiary/aromatic N) is 4. The maximum atomic E-state index is 14.3. The third kappa shape index (κ3) is 4.83. The number of carbonyl (C=O) groups is 1. The van der Waals surface area contributed by atoms with Crippen LogP contribution in [0.3, 0.4) is 0 Å². The molecule has 1 unspecified atom stereocenters. The standard InChI is InChI=1S/C33H33N5O2/c1-22(35-32(39)29-23(2)36-37-20-10-19-34-31(29)37)28-21-26-14-9-13-25(18-17-24-11-5-3-6-12-24)30(26)33(40)38(28)27-15-7-4-8-16-27/h4,7-10,13-22,24H,3,5-6,11-12H2,1-2H3,(H,35,39)/b18-17+. The first-order valence-corrected chi connectivity index (χ1v) is 14.0. The molecule has 0 radical (unpaired) electrons. The molecule has 1 atom stereocenters. The van der Waals surface area contributed by atoms with Crippen LogP contribution in [0.2, 0.25) is 0 Å². The zero-order chi connectivity index (χ0) is 27.6. The van der Waals surface area contributed by atoms with Gasteiger partial charge in [0.05, 0.1) is 17.1 Å². The second-order valence-electron chi connectivity index (χ2n) is 10.7. The number of para-hydroxylation sites is 1. The van der Waals surface area contributed by atoms with E-state index in [4.69, 9.17) is 0 Å². The molecular weight excluding hydrogens is 498 g/mol. The molecule has 1 N–H and O–H groups in total. The number of nitrogens with one attached hydrogen (secondary N) is 1. The Balaban J connectivity index is 1.44. The van der Waals surface area contributed by atoms with Crippen molar-refractivity contribution in [2.45, 2.75) is 52.0 Å². The Morgan fingerprint density at radius 2 is 1.85 bits per heavy atom. The molecule has 3 aromatic heterocycles. The predicted octanol–water partition coefficient (Wildman–Crippen LogP) is 6.43. The first-order valence-electron chi connectivity index (χ1n) is 14.0. The number of benzene rings is 2. The van der Waals surface area contributed by atoms with Gasteiger partial charge >= 0.3 is 0 Å². The number of fused-ring (bicyclic) bond motifs is 2. The fourth-order valence-electron chi connectivity index (χ4n) is 5.88. The molecule has 1 fully saturated rings. The number of allylic oxidation sites excluding steroid dienone is 1. The van der Waals surface area contributed by atoms with E-state index < -0.39 is 6.04 Å². The molecule has 0 aliphatic heterocycles. The Morgan fingerprint density at radius 3 is 2.65 bits per heavy atom. The van der Waals surface area contributed by atoms with Gasteiger partial charge in [-0.05, 0) is 67.8 Å². The van der Waals surface area contributed by atoms with Crippen LogP contribution in [0.15, 0.2) is 83.9 Å². The molecule has 3 heterocycles. The van der Waals surface area contributed by atoms with Crippen molar-refractivity contribution in [2.24, 2.45) is 5.92 Å². The summed E-state index contributed by atoms with van der Waals surface area (Å²) in [7, 11) is 0. The minimum Gasteiger partial charge on any atom is -0.344 e. The van der Waals surface area contributed by atoms with Crippen molar-refractivity contribution >= 4 is 28.4 Å². The highest BCUT2D eigenvalue weighted by molar-refractivity contribution is 6.01. The zero-order valence-corrected chi connectivity index (χ0v) is 22.9. The fourth-order valence-corrected chi connectivity index (χ4v) is 5.88. The summed E-state index contributed by atoms with van der Waals surface area (Å²) in [6.45, 7) is 3.70. The highest BCUT2D eigenvalue weighted by Crippen LogP contribution is 2.28. The summed E-state index contributed by atoms with van der Waals surface area (Å²) in [6.07, 6.45) is 14.1. The van der Waals surface area contributed by atoms with E-state index in [0.717, 1.165) is 16.6 Å². The second-order valence-corrected chi connectivity index (χ2v) is 10.7. The summed E-state index contributed by atoms with van der Waals surface area (Å²) >= 11 is 0. The predicted molar refractivity (Wildman–Crippen MR) is 159 cm³/mol. The van der Waals surface area contributed by atoms with E-state index in [1.54, 1.807) is 34.5 Å². The molecule has 7 heteroatoms. The monoisotopic (exact) mass is 531 g/mol. The number of hydrogen-bond donors (Lipinski definition) is 1. The van der Waals surface area contributed by atoms with Gasteiger partial charge in [-0.1, -0.05) is 67.8 Å². The van der Waals surface area contributed by atoms with Crippen molar-refractivity contribution in [3.63, 3.8) is 0 Å². The topological polar surface area (TPSA) is 81.3 Å². The lowest BCUT2D eigenvalue weighted by Gasteiger charge is -2.21. The van der Waals surface area contributed by atoms with Gasteiger partial charge in [-0.15, -0.1) is 0 Å². The van der Waals surface area contributed by atoms with Crippen LogP contribution in [0.5, 0.6) is 0 Å². The maximum Gasteiger partial charge on any atom is 0.263 e. The molecule has 7 nitrogen and oxygen atoms in total. The number of carbonyl (C=O) groups excluding carboxylic acids is 1. The van der Waals surface area contributed by atoms with Crippen molar-refractivity contribution in [3.8, 4) is 5.69 Å². The average Bonchev–Trinajstić information content (AvgIpc) is 3.32. The largest absolute Gasteiger partial charge is 0.344 e. The molecule has 1 aliphatic rings. The molecule has 0 spiro atoms. The summed E-state index contributed by atoms with van der Waals surface area (Å²) in [5, 5.41) is 9.08. The molecule has 202 valence electrons. The summed E-state index contributed by atoms with van der Waals surface area (Å²) in [4.78, 5) is 32.1. The minimum absolute atomic E-state index is 0.0995. The fraction of sp³-hybridized carbons (Fsp3) is 0.273. The summed E-state index contributed by atoms with van der Waals surface area (Å²) in [6, 6.07) is 18.9. The third-order valence-electron chi connectivity index (χ3n) is 7.91. The van der Waals surface area contributed by atoms with Crippen LogP contribution < -0.4 is 10.9 Å². The number of rotatable bonds is 6. The van der Waals surface area contributed by atoms with Gasteiger partial charge in [-0.3, -0.25) is 14.2 Å². The average molecular weight is 532 g/mol. The van der Waals surface area contributed by atoms with E-state index in [2.05, 4.69) is 27.6 Å². The van der Waals surface area contributed by atoms with Crippen molar-refractivity contribution in [1.82, 2.24) is 24.5 Å². The molecule has 1 saturated carbocycles. The molecule has 40 heavy (non-hydrogen) atoms. The molecule has 1 aliphatic carbocycles. The molecular formula is C33H33N5O2. The highest BCUT2D eigenvalue weighted by Gasteiger charge is 2.23. The van der Waals surface area contributed by atoms with Gasteiger partial charge in [0.2, 0.25) is 0 Å². The van der Waals surface area contributed by atoms with Gasteiger partial charge in [0, 0.05) is 23.8 Å². The van der Waals surface area contributed by atoms with E-state index in [1.807, 2.05) is 61.5 Å². The van der Waals surface area contributed by atoms with E-state index >= 15 is 0 Å². The summed E-state index contributed by atoms with van der Waals surface area (Å²) < 4.78 is 3.33. The molecule has 5 aromatic rings. The van der Waals surface area contributed by atoms with Gasteiger partial charge < -0.3 is 5.32 Å². The van der Waals surface area contributed by atoms with Crippen LogP contribution >= 0.6 is 0 Å². The maximum absolute atomic E-state index is 14.3. The summed E-state index contributed by atoms with van der Waals surface area (Å²) in [5.41, 5.74) is 3.80. The van der Waals surface area contributed by atoms with E-state index in [0.29, 0.717) is 33.9 Å². The van der Waals surface area contributed by atoms with Gasteiger partial charge in [0.15, 0.2) is 5.65 Å². The SMILES string of the molecule is Cc1nn2cccnc2c1C(=O)NC(C)c1cc2cccc(/C=C/C3CCCCC3)c2c(=O)n1-c1ccccc1. The van der Waals surface area contributed by atoms with Crippen molar-refractivity contribution in [3.05, 3.63) is 112 Å². The number of amides is 1. The van der Waals surface area contributed by atoms with Crippen molar-refractivity contribution in [2.75, 3.05) is 0 Å². The van der Waals surface area contributed by atoms with Crippen LogP contribution in [0, 0.1) is 12.8 Å². The van der Waals surface area contributed by atoms with Crippen LogP contribution in [-0.4, -0.2) is 25.1 Å². The highest BCUT2D eigenvalue weighted by atomic mass is 16.2. The molecule has 1 amide bonds. The normalized spacial score (nSPS) is 15.2. The lowest BCUT2D eigenvalue weighted by molar-refractivity contribution is 0.0939. The van der Waals surface area contributed by atoms with Gasteiger partial charge in [-0.25, -0.2) is 9.50 Å². The van der Waals surface area contributed by atoms with Crippen LogP contribution in [-0.2, 0) is 0 Å². The van der Waals surface area contributed by atoms with E-state index in [9.17, 15) is 9.59 Å². The van der Waals surface area contributed by atoms with Crippen LogP contribution in [0.25, 0.3) is 28.2 Å².